The fraction of sp³-hybridized carbons (Fsp3) is 0.481. The lowest BCUT2D eigenvalue weighted by Gasteiger charge is -2.44. The molecule has 0 aliphatic carbocycles. The van der Waals surface area contributed by atoms with Crippen molar-refractivity contribution in [3.05, 3.63) is 59.2 Å². The molecule has 0 radical (unpaired) electrons. The highest BCUT2D eigenvalue weighted by Crippen LogP contribution is 2.45. The Hall–Kier alpha value is -2.67. The van der Waals surface area contributed by atoms with Crippen LogP contribution in [0.2, 0.25) is 0 Å². The quantitative estimate of drug-likeness (QED) is 0.625. The molecule has 2 amide bonds. The van der Waals surface area contributed by atoms with Gasteiger partial charge in [0.2, 0.25) is 0 Å². The number of ether oxygens (including phenoxy) is 2. The lowest BCUT2D eigenvalue weighted by Crippen LogP contribution is -2.53. The van der Waals surface area contributed by atoms with Crippen molar-refractivity contribution in [2.45, 2.75) is 43.9 Å². The summed E-state index contributed by atoms with van der Waals surface area (Å²) in [5.74, 6) is 2.12. The van der Waals surface area contributed by atoms with Gasteiger partial charge in [0.1, 0.15) is 11.5 Å². The maximum absolute atomic E-state index is 13.5. The van der Waals surface area contributed by atoms with Crippen LogP contribution in [0.4, 0.5) is 0 Å². The van der Waals surface area contributed by atoms with Crippen molar-refractivity contribution in [3.8, 4) is 11.5 Å². The van der Waals surface area contributed by atoms with Crippen molar-refractivity contribution in [3.63, 3.8) is 0 Å². The first-order valence-corrected chi connectivity index (χ1v) is 12.7. The highest BCUT2D eigenvalue weighted by atomic mass is 32.2. The number of likely N-dealkylation sites (tertiary alicyclic amines) is 1. The maximum Gasteiger partial charge on any atom is 0.257 e. The Morgan fingerprint density at radius 1 is 0.912 bits per heavy atom. The number of thioether (sulfide) groups is 1. The lowest BCUT2D eigenvalue weighted by molar-refractivity contribution is 0.0496. The molecule has 0 bridgehead atoms. The third-order valence-corrected chi connectivity index (χ3v) is 8.44. The van der Waals surface area contributed by atoms with Crippen molar-refractivity contribution in [1.82, 2.24) is 9.80 Å². The summed E-state index contributed by atoms with van der Waals surface area (Å²) in [4.78, 5) is 30.4. The lowest BCUT2D eigenvalue weighted by atomic mass is 9.86. The molecule has 2 aliphatic rings. The number of methoxy groups -OCH3 is 2. The SMILES string of the molecule is COc1ccc(C(=O)N2CCC3(CC2)SCCN3C(=O)c2ccc(C(C)(C)C)cc2)c(OC)c1. The molecular formula is C27H34N2O4S. The molecule has 182 valence electrons. The molecular weight excluding hydrogens is 448 g/mol. The molecule has 0 saturated carbocycles. The van der Waals surface area contributed by atoms with E-state index >= 15 is 0 Å². The first-order valence-electron chi connectivity index (χ1n) is 11.8. The minimum Gasteiger partial charge on any atom is -0.497 e. The van der Waals surface area contributed by atoms with Gasteiger partial charge in [-0.25, -0.2) is 0 Å². The van der Waals surface area contributed by atoms with Crippen molar-refractivity contribution >= 4 is 23.6 Å². The number of amides is 2. The number of hydrogen-bond donors (Lipinski definition) is 0. The number of carbonyl (C=O) groups excluding carboxylic acids is 2. The molecule has 0 unspecified atom stereocenters. The van der Waals surface area contributed by atoms with E-state index in [1.165, 1.54) is 5.56 Å². The largest absolute Gasteiger partial charge is 0.497 e. The second-order valence-corrected chi connectivity index (χ2v) is 11.4. The third-order valence-electron chi connectivity index (χ3n) is 6.89. The van der Waals surface area contributed by atoms with E-state index in [4.69, 9.17) is 9.47 Å². The van der Waals surface area contributed by atoms with Crippen LogP contribution in [0.25, 0.3) is 0 Å². The van der Waals surface area contributed by atoms with Gasteiger partial charge in [-0.15, -0.1) is 11.8 Å². The summed E-state index contributed by atoms with van der Waals surface area (Å²) in [6, 6.07) is 13.3. The van der Waals surface area contributed by atoms with Crippen molar-refractivity contribution < 1.29 is 19.1 Å². The van der Waals surface area contributed by atoms with Gasteiger partial charge in [-0.05, 0) is 48.1 Å². The Morgan fingerprint density at radius 3 is 2.18 bits per heavy atom. The van der Waals surface area contributed by atoms with Crippen LogP contribution in [0.1, 0.15) is 59.9 Å². The van der Waals surface area contributed by atoms with Crippen molar-refractivity contribution in [2.24, 2.45) is 0 Å². The van der Waals surface area contributed by atoms with E-state index in [2.05, 4.69) is 32.9 Å². The van der Waals surface area contributed by atoms with Crippen LogP contribution in [0.3, 0.4) is 0 Å². The average molecular weight is 483 g/mol. The smallest absolute Gasteiger partial charge is 0.257 e. The topological polar surface area (TPSA) is 59.1 Å². The maximum atomic E-state index is 13.5. The summed E-state index contributed by atoms with van der Waals surface area (Å²) in [6.07, 6.45) is 1.52. The zero-order chi connectivity index (χ0) is 24.5. The Bertz CT molecular complexity index is 1050. The number of hydrogen-bond acceptors (Lipinski definition) is 5. The predicted molar refractivity (Wildman–Crippen MR) is 136 cm³/mol. The Labute approximate surface area is 206 Å². The molecule has 0 aromatic heterocycles. The molecule has 0 N–H and O–H groups in total. The van der Waals surface area contributed by atoms with Crippen LogP contribution in [0.15, 0.2) is 42.5 Å². The van der Waals surface area contributed by atoms with Gasteiger partial charge in [-0.3, -0.25) is 9.59 Å². The van der Waals surface area contributed by atoms with Gasteiger partial charge in [-0.2, -0.15) is 0 Å². The molecule has 6 nitrogen and oxygen atoms in total. The first-order chi connectivity index (χ1) is 16.2. The van der Waals surface area contributed by atoms with Crippen LogP contribution in [-0.4, -0.2) is 66.1 Å². The second kappa shape index (κ2) is 9.53. The molecule has 2 aromatic rings. The van der Waals surface area contributed by atoms with E-state index < -0.39 is 0 Å². The Morgan fingerprint density at radius 2 is 1.59 bits per heavy atom. The van der Waals surface area contributed by atoms with E-state index in [9.17, 15) is 9.59 Å². The highest BCUT2D eigenvalue weighted by Gasteiger charge is 2.47. The molecule has 2 heterocycles. The molecule has 2 fully saturated rings. The van der Waals surface area contributed by atoms with Crippen LogP contribution < -0.4 is 9.47 Å². The average Bonchev–Trinajstić information content (AvgIpc) is 3.25. The van der Waals surface area contributed by atoms with Crippen LogP contribution >= 0.6 is 11.8 Å². The number of carbonyl (C=O) groups is 2. The van der Waals surface area contributed by atoms with Crippen LogP contribution in [0, 0.1) is 0 Å². The summed E-state index contributed by atoms with van der Waals surface area (Å²) < 4.78 is 10.7. The summed E-state index contributed by atoms with van der Waals surface area (Å²) in [5.41, 5.74) is 2.54. The van der Waals surface area contributed by atoms with Crippen LogP contribution in [-0.2, 0) is 5.41 Å². The molecule has 7 heteroatoms. The van der Waals surface area contributed by atoms with Gasteiger partial charge in [0.15, 0.2) is 0 Å². The van der Waals surface area contributed by atoms with Gasteiger partial charge in [0, 0.05) is 37.0 Å². The van der Waals surface area contributed by atoms with Crippen LogP contribution in [0.5, 0.6) is 11.5 Å². The minimum absolute atomic E-state index is 0.0482. The third kappa shape index (κ3) is 4.63. The highest BCUT2D eigenvalue weighted by molar-refractivity contribution is 8.00. The molecule has 2 saturated heterocycles. The number of benzene rings is 2. The summed E-state index contributed by atoms with van der Waals surface area (Å²) in [6.45, 7) is 8.47. The monoisotopic (exact) mass is 482 g/mol. The normalized spacial score (nSPS) is 17.7. The molecule has 0 atom stereocenters. The molecule has 2 aromatic carbocycles. The van der Waals surface area contributed by atoms with Gasteiger partial charge in [0.05, 0.1) is 24.7 Å². The van der Waals surface area contributed by atoms with E-state index in [1.54, 1.807) is 32.4 Å². The first kappa shape index (κ1) is 24.5. The van der Waals surface area contributed by atoms with Gasteiger partial charge < -0.3 is 19.3 Å². The number of nitrogens with zero attached hydrogens (tertiary/aromatic N) is 2. The zero-order valence-electron chi connectivity index (χ0n) is 20.7. The van der Waals surface area contributed by atoms with Gasteiger partial charge >= 0.3 is 0 Å². The molecule has 2 aliphatic heterocycles. The van der Waals surface area contributed by atoms with E-state index in [1.807, 2.05) is 33.7 Å². The summed E-state index contributed by atoms with van der Waals surface area (Å²) in [7, 11) is 3.15. The standard InChI is InChI=1S/C27H34N2O4S/c1-26(2,3)20-8-6-19(7-9-20)24(30)29-16-17-34-27(29)12-14-28(15-13-27)25(31)22-11-10-21(32-4)18-23(22)33-5/h6-11,18H,12-17H2,1-5H3. The summed E-state index contributed by atoms with van der Waals surface area (Å²) in [5, 5.41) is 0. The van der Waals surface area contributed by atoms with E-state index in [0.717, 1.165) is 30.7 Å². The minimum atomic E-state index is -0.249. The zero-order valence-corrected chi connectivity index (χ0v) is 21.5. The van der Waals surface area contributed by atoms with E-state index in [-0.39, 0.29) is 22.1 Å². The fourth-order valence-electron chi connectivity index (χ4n) is 4.78. The molecule has 4 rings (SSSR count). The fourth-order valence-corrected chi connectivity index (χ4v) is 6.24. The van der Waals surface area contributed by atoms with Crippen molar-refractivity contribution in [2.75, 3.05) is 39.6 Å². The molecule has 1 spiro atoms. The Kier molecular flexibility index (Phi) is 6.85. The van der Waals surface area contributed by atoms with Crippen molar-refractivity contribution in [1.29, 1.82) is 0 Å². The Balaban J connectivity index is 1.47. The summed E-state index contributed by atoms with van der Waals surface area (Å²) >= 11 is 1.85. The number of rotatable bonds is 4. The van der Waals surface area contributed by atoms with Gasteiger partial charge in [-0.1, -0.05) is 32.9 Å². The second-order valence-electron chi connectivity index (χ2n) is 9.94. The number of piperidine rings is 1. The van der Waals surface area contributed by atoms with E-state index in [0.29, 0.717) is 30.2 Å². The van der Waals surface area contributed by atoms with Gasteiger partial charge in [0.25, 0.3) is 11.8 Å². The molecule has 34 heavy (non-hydrogen) atoms. The predicted octanol–water partition coefficient (Wildman–Crippen LogP) is 4.82.